The van der Waals surface area contributed by atoms with Gasteiger partial charge in [-0.05, 0) is 131 Å². The van der Waals surface area contributed by atoms with Gasteiger partial charge in [0.05, 0.1) is 107 Å². The fourth-order valence-electron chi connectivity index (χ4n) is 14.9. The van der Waals surface area contributed by atoms with Crippen molar-refractivity contribution in [3.8, 4) is 62.5 Å². The van der Waals surface area contributed by atoms with Crippen molar-refractivity contribution in [2.24, 2.45) is 0 Å². The van der Waals surface area contributed by atoms with Crippen molar-refractivity contribution in [2.75, 3.05) is 130 Å². The van der Waals surface area contributed by atoms with Crippen LogP contribution in [0.4, 0.5) is 27.3 Å². The molecule has 0 bridgehead atoms. The number of hydrogen-bond acceptors (Lipinski definition) is 23. The van der Waals surface area contributed by atoms with E-state index in [-0.39, 0.29) is 35.3 Å². The minimum Gasteiger partial charge on any atom is -0.489 e. The number of aromatic carboxylic acids is 1. The molecule has 1 N–H and O–H groups in total. The zero-order valence-electron chi connectivity index (χ0n) is 56.9. The number of morpholine rings is 2. The first-order valence-corrected chi connectivity index (χ1v) is 36.8. The molecule has 24 nitrogen and oxygen atoms in total. The second kappa shape index (κ2) is 28.7. The number of hydrogen-bond donors (Lipinski definition) is 1. The molecule has 0 radical (unpaired) electrons. The van der Waals surface area contributed by atoms with E-state index >= 15 is 0 Å². The van der Waals surface area contributed by atoms with Gasteiger partial charge in [-0.1, -0.05) is 34.8 Å². The van der Waals surface area contributed by atoms with Gasteiger partial charge in [0.25, 0.3) is 0 Å². The van der Waals surface area contributed by atoms with Crippen LogP contribution in [0.25, 0.3) is 65.6 Å². The number of pyridine rings is 2. The molecular formula is C77H75N9O15S2. The Hall–Kier alpha value is -10.5. The summed E-state index contributed by atoms with van der Waals surface area (Å²) >= 11 is 3.23. The third-order valence-corrected chi connectivity index (χ3v) is 22.3. The molecular weight excluding hydrogens is 1360 g/mol. The van der Waals surface area contributed by atoms with Crippen molar-refractivity contribution in [1.29, 1.82) is 0 Å². The molecule has 5 aromatic carbocycles. The van der Waals surface area contributed by atoms with E-state index in [1.165, 1.54) is 30.8 Å². The van der Waals surface area contributed by atoms with Crippen molar-refractivity contribution >= 4 is 88.3 Å². The highest BCUT2D eigenvalue weighted by Crippen LogP contribution is 2.45. The number of nitrogens with zero attached hydrogens (tertiary/aromatic N) is 9. The van der Waals surface area contributed by atoms with Gasteiger partial charge >= 0.3 is 17.9 Å². The summed E-state index contributed by atoms with van der Waals surface area (Å²) in [5.41, 5.74) is 8.55. The summed E-state index contributed by atoms with van der Waals surface area (Å²) in [4.78, 5) is 95.7. The van der Waals surface area contributed by atoms with Crippen LogP contribution in [-0.2, 0) is 18.9 Å². The predicted octanol–water partition coefficient (Wildman–Crippen LogP) is 11.3. The maximum atomic E-state index is 13.2. The number of anilines is 5. The van der Waals surface area contributed by atoms with Gasteiger partial charge in [0.1, 0.15) is 65.8 Å². The first kappa shape index (κ1) is 67.0. The minimum atomic E-state index is -1.25. The fraction of sp³-hybridized carbons (Fsp3) is 0.351. The molecule has 0 aliphatic carbocycles. The van der Waals surface area contributed by atoms with Crippen LogP contribution in [0.2, 0.25) is 0 Å². The molecule has 5 fully saturated rings. The normalized spacial score (nSPS) is 18.5. The van der Waals surface area contributed by atoms with Crippen molar-refractivity contribution in [2.45, 2.75) is 70.5 Å². The molecule has 3 atom stereocenters. The highest BCUT2D eigenvalue weighted by molar-refractivity contribution is 7.22. The van der Waals surface area contributed by atoms with Gasteiger partial charge in [-0.25, -0.2) is 24.4 Å². The SMILES string of the molecule is CCOC(=O)c1cn(-c2ccc3nc(N4CCOCC4)sc3c2)c(-c2ccc3c(c2)OC[C@H]2CCCN32)cc1=O.CCOC(=O)c1coc(-c2ccc3c(c2)OC[C@H]2CCCN32)cc1=O.O=C(O)c1cn(-c2ccc3nc(N4CCOCC4)sc3c2)c(-c2ccc3c(c2)OC[C@H]2CCCN32)cc1=O. The van der Waals surface area contributed by atoms with Crippen molar-refractivity contribution in [3.63, 3.8) is 0 Å². The summed E-state index contributed by atoms with van der Waals surface area (Å²) in [5, 5.41) is 11.6. The van der Waals surface area contributed by atoms with E-state index in [2.05, 4.69) is 36.6 Å². The van der Waals surface area contributed by atoms with E-state index in [1.54, 1.807) is 47.3 Å². The highest BCUT2D eigenvalue weighted by Gasteiger charge is 2.35. The molecule has 10 aromatic rings. The molecule has 8 aliphatic rings. The largest absolute Gasteiger partial charge is 0.489 e. The Kier molecular flexibility index (Phi) is 18.7. The average Bonchev–Trinajstić information content (AvgIpc) is 1.77. The predicted molar refractivity (Wildman–Crippen MR) is 394 cm³/mol. The maximum Gasteiger partial charge on any atom is 0.345 e. The zero-order chi connectivity index (χ0) is 70.4. The van der Waals surface area contributed by atoms with Gasteiger partial charge in [-0.3, -0.25) is 14.4 Å². The third kappa shape index (κ3) is 13.3. The van der Waals surface area contributed by atoms with Gasteiger partial charge in [-0.2, -0.15) is 0 Å². The van der Waals surface area contributed by atoms with Gasteiger partial charge in [-0.15, -0.1) is 0 Å². The van der Waals surface area contributed by atoms with E-state index in [4.69, 9.17) is 47.5 Å². The molecule has 103 heavy (non-hydrogen) atoms. The standard InChI is InChI=1S/C30H30N4O5S.C28H26N4O5S.C19H19NO5/c1-2-38-29(36)22-17-34(20-6-7-23-28(15-20)40-30(31-23)32-10-12-37-13-11-32)25(16-26(22)35)19-5-8-24-27(14-19)39-18-21-4-3-9-33(21)24;33-24-14-23(17-3-6-22-25(12-17)37-16-19-2-1-7-31(19)22)32(15-20(24)27(34)35)18-4-5-21-26(13-18)38-28(29-21)30-8-10-36-11-9-30;1-2-23-19(22)14-11-25-17(9-16(14)21)12-5-6-15-18(8-12)24-10-13-4-3-7-20(13)15/h5-8,14-17,21H,2-4,9-13,18H2,1H3;3-6,12-15,19H,1-2,7-11,16H2,(H,34,35);5-6,8-9,11,13H,2-4,7,10H2,1H3/t21-;19-;13-/m111/s1. The summed E-state index contributed by atoms with van der Waals surface area (Å²) < 4.78 is 50.4. The minimum absolute atomic E-state index is 0.00174. The molecule has 18 rings (SSSR count). The zero-order valence-corrected chi connectivity index (χ0v) is 58.5. The lowest BCUT2D eigenvalue weighted by Gasteiger charge is -2.33. The fourth-order valence-corrected chi connectivity index (χ4v) is 17.0. The lowest BCUT2D eigenvalue weighted by atomic mass is 10.1. The van der Waals surface area contributed by atoms with Crippen LogP contribution < -0.4 is 55.0 Å². The lowest BCUT2D eigenvalue weighted by Crippen LogP contribution is -2.38. The van der Waals surface area contributed by atoms with E-state index in [1.807, 2.05) is 83.4 Å². The molecule has 0 amide bonds. The number of carboxylic acids is 1. The Morgan fingerprint density at radius 1 is 0.495 bits per heavy atom. The average molecular weight is 1430 g/mol. The lowest BCUT2D eigenvalue weighted by molar-refractivity contribution is 0.0513. The number of thiazole rings is 2. The third-order valence-electron chi connectivity index (χ3n) is 20.1. The molecule has 0 saturated carbocycles. The number of aromatic nitrogens is 4. The first-order chi connectivity index (χ1) is 50.3. The Balaban J connectivity index is 0.000000123. The van der Waals surface area contributed by atoms with Crippen LogP contribution in [0.3, 0.4) is 0 Å². The Labute approximate surface area is 599 Å². The number of ether oxygens (including phenoxy) is 7. The van der Waals surface area contributed by atoms with Crippen molar-refractivity contribution < 1.29 is 57.1 Å². The second-order valence-electron chi connectivity index (χ2n) is 26.3. The second-order valence-corrected chi connectivity index (χ2v) is 28.3. The molecule has 530 valence electrons. The molecule has 13 heterocycles. The van der Waals surface area contributed by atoms with Crippen LogP contribution in [-0.4, -0.2) is 166 Å². The van der Waals surface area contributed by atoms with Crippen LogP contribution in [0, 0.1) is 0 Å². The Bertz CT molecular complexity index is 5130. The number of carboxylic acid groups (broad SMARTS) is 1. The molecule has 5 aromatic heterocycles. The number of fused-ring (bicyclic) bond motifs is 11. The maximum absolute atomic E-state index is 13.2. The highest BCUT2D eigenvalue weighted by atomic mass is 32.1. The Morgan fingerprint density at radius 2 is 0.913 bits per heavy atom. The monoisotopic (exact) mass is 1430 g/mol. The van der Waals surface area contributed by atoms with Gasteiger partial charge in [0.15, 0.2) is 26.5 Å². The number of benzene rings is 5. The van der Waals surface area contributed by atoms with E-state index in [0.29, 0.717) is 81.5 Å². The van der Waals surface area contributed by atoms with Gasteiger partial charge < -0.3 is 76.3 Å². The summed E-state index contributed by atoms with van der Waals surface area (Å²) in [6.07, 6.45) is 11.1. The van der Waals surface area contributed by atoms with Crippen LogP contribution in [0.5, 0.6) is 17.2 Å². The van der Waals surface area contributed by atoms with Gasteiger partial charge in [0.2, 0.25) is 0 Å². The molecule has 0 unspecified atom stereocenters. The molecule has 8 aliphatic heterocycles. The topological polar surface area (TPSA) is 252 Å². The molecule has 26 heteroatoms. The van der Waals surface area contributed by atoms with Crippen LogP contribution in [0.15, 0.2) is 147 Å². The number of esters is 2. The summed E-state index contributed by atoms with van der Waals surface area (Å²) in [7, 11) is 0. The van der Waals surface area contributed by atoms with Crippen LogP contribution in [0.1, 0.15) is 83.4 Å². The van der Waals surface area contributed by atoms with Crippen molar-refractivity contribution in [3.05, 3.63) is 175 Å². The van der Waals surface area contributed by atoms with E-state index < -0.39 is 28.8 Å². The summed E-state index contributed by atoms with van der Waals surface area (Å²) in [5.74, 6) is 0.248. The summed E-state index contributed by atoms with van der Waals surface area (Å²) in [6.45, 7) is 14.9. The number of rotatable bonds is 12. The smallest absolute Gasteiger partial charge is 0.345 e. The van der Waals surface area contributed by atoms with Crippen LogP contribution >= 0.6 is 22.7 Å². The quantitative estimate of drug-likeness (QED) is 0.112. The Morgan fingerprint density at radius 3 is 1.36 bits per heavy atom. The van der Waals surface area contributed by atoms with E-state index in [9.17, 15) is 33.9 Å². The van der Waals surface area contributed by atoms with Gasteiger partial charge in [0, 0.05) is 104 Å². The summed E-state index contributed by atoms with van der Waals surface area (Å²) in [6, 6.07) is 35.3. The number of carbonyl (C=O) groups excluding carboxylic acids is 2. The first-order valence-electron chi connectivity index (χ1n) is 35.1. The van der Waals surface area contributed by atoms with Crippen molar-refractivity contribution in [1.82, 2.24) is 19.1 Å². The number of carbonyl (C=O) groups is 3. The van der Waals surface area contributed by atoms with E-state index in [0.717, 1.165) is 177 Å². The molecule has 5 saturated heterocycles. The molecule has 0 spiro atoms.